The molecule has 1 heterocycles. The zero-order chi connectivity index (χ0) is 17.0. The van der Waals surface area contributed by atoms with Crippen LogP contribution in [0.4, 0.5) is 17.5 Å². The molecular weight excluding hydrogens is 286 g/mol. The second-order valence-corrected chi connectivity index (χ2v) is 6.35. The summed E-state index contributed by atoms with van der Waals surface area (Å²) in [5.41, 5.74) is 5.70. The summed E-state index contributed by atoms with van der Waals surface area (Å²) in [5.74, 6) is 1.48. The number of likely N-dealkylation sites (N-methyl/N-ethyl adjacent to an activating group) is 1. The molecular formula is C18H27N5. The average Bonchev–Trinajstić information content (AvgIpc) is 2.42. The predicted octanol–water partition coefficient (Wildman–Crippen LogP) is 3.43. The Morgan fingerprint density at radius 1 is 0.957 bits per heavy atom. The lowest BCUT2D eigenvalue weighted by Crippen LogP contribution is -2.21. The highest BCUT2D eigenvalue weighted by Gasteiger charge is 2.08. The van der Waals surface area contributed by atoms with Crippen LogP contribution in [0, 0.1) is 27.7 Å². The van der Waals surface area contributed by atoms with Crippen LogP contribution in [0.2, 0.25) is 0 Å². The van der Waals surface area contributed by atoms with E-state index in [2.05, 4.69) is 72.5 Å². The Labute approximate surface area is 139 Å². The van der Waals surface area contributed by atoms with Crippen LogP contribution in [0.25, 0.3) is 0 Å². The minimum atomic E-state index is 0.632. The highest BCUT2D eigenvalue weighted by molar-refractivity contribution is 5.64. The molecule has 0 saturated carbocycles. The van der Waals surface area contributed by atoms with E-state index in [1.165, 1.54) is 16.7 Å². The lowest BCUT2D eigenvalue weighted by Gasteiger charge is -2.15. The Morgan fingerprint density at radius 2 is 1.61 bits per heavy atom. The molecule has 1 aromatic carbocycles. The molecule has 0 aliphatic heterocycles. The van der Waals surface area contributed by atoms with Crippen molar-refractivity contribution in [3.8, 4) is 0 Å². The number of benzene rings is 1. The normalized spacial score (nSPS) is 10.9. The van der Waals surface area contributed by atoms with Gasteiger partial charge in [-0.15, -0.1) is 0 Å². The fourth-order valence-electron chi connectivity index (χ4n) is 2.61. The van der Waals surface area contributed by atoms with Crippen LogP contribution in [0.3, 0.4) is 0 Å². The number of hydrogen-bond acceptors (Lipinski definition) is 5. The predicted molar refractivity (Wildman–Crippen MR) is 97.7 cm³/mol. The SMILES string of the molecule is Cc1cc(C)c(Nc2nc(C)cc(NCCN(C)C)n2)c(C)c1. The van der Waals surface area contributed by atoms with Crippen molar-refractivity contribution in [2.24, 2.45) is 0 Å². The highest BCUT2D eigenvalue weighted by atomic mass is 15.2. The van der Waals surface area contributed by atoms with Gasteiger partial charge in [-0.05, 0) is 52.9 Å². The van der Waals surface area contributed by atoms with Gasteiger partial charge >= 0.3 is 0 Å². The maximum Gasteiger partial charge on any atom is 0.229 e. The molecule has 0 fully saturated rings. The minimum absolute atomic E-state index is 0.632. The van der Waals surface area contributed by atoms with Crippen LogP contribution < -0.4 is 10.6 Å². The van der Waals surface area contributed by atoms with E-state index in [4.69, 9.17) is 0 Å². The second-order valence-electron chi connectivity index (χ2n) is 6.35. The molecule has 5 nitrogen and oxygen atoms in total. The van der Waals surface area contributed by atoms with E-state index in [-0.39, 0.29) is 0 Å². The summed E-state index contributed by atoms with van der Waals surface area (Å²) < 4.78 is 0. The lowest BCUT2D eigenvalue weighted by molar-refractivity contribution is 0.425. The Bertz CT molecular complexity index is 656. The van der Waals surface area contributed by atoms with Crippen molar-refractivity contribution < 1.29 is 0 Å². The van der Waals surface area contributed by atoms with Gasteiger partial charge in [0.1, 0.15) is 5.82 Å². The van der Waals surface area contributed by atoms with Gasteiger partial charge in [-0.3, -0.25) is 0 Å². The third-order valence-electron chi connectivity index (χ3n) is 3.63. The number of anilines is 3. The van der Waals surface area contributed by atoms with Crippen LogP contribution in [0.1, 0.15) is 22.4 Å². The van der Waals surface area contributed by atoms with Gasteiger partial charge in [0, 0.05) is 30.5 Å². The molecule has 124 valence electrons. The fourth-order valence-corrected chi connectivity index (χ4v) is 2.61. The van der Waals surface area contributed by atoms with Crippen LogP contribution in [0.5, 0.6) is 0 Å². The number of rotatable bonds is 6. The summed E-state index contributed by atoms with van der Waals surface area (Å²) in [7, 11) is 4.12. The van der Waals surface area contributed by atoms with Gasteiger partial charge in [-0.25, -0.2) is 4.98 Å². The van der Waals surface area contributed by atoms with E-state index in [9.17, 15) is 0 Å². The molecule has 2 rings (SSSR count). The molecule has 1 aromatic heterocycles. The first-order valence-electron chi connectivity index (χ1n) is 7.94. The first-order chi connectivity index (χ1) is 10.8. The van der Waals surface area contributed by atoms with E-state index in [1.807, 2.05) is 13.0 Å². The molecule has 0 saturated heterocycles. The van der Waals surface area contributed by atoms with Crippen molar-refractivity contribution in [1.29, 1.82) is 0 Å². The highest BCUT2D eigenvalue weighted by Crippen LogP contribution is 2.25. The van der Waals surface area contributed by atoms with Gasteiger partial charge in [0.05, 0.1) is 0 Å². The zero-order valence-corrected chi connectivity index (χ0v) is 15.0. The molecule has 0 spiro atoms. The number of aromatic nitrogens is 2. The van der Waals surface area contributed by atoms with Gasteiger partial charge in [-0.2, -0.15) is 4.98 Å². The summed E-state index contributed by atoms with van der Waals surface area (Å²) in [6.45, 7) is 10.1. The van der Waals surface area contributed by atoms with Crippen molar-refractivity contribution in [1.82, 2.24) is 14.9 Å². The molecule has 0 aliphatic rings. The number of aryl methyl sites for hydroxylation is 4. The molecule has 0 amide bonds. The van der Waals surface area contributed by atoms with Gasteiger partial charge in [-0.1, -0.05) is 17.7 Å². The monoisotopic (exact) mass is 313 g/mol. The van der Waals surface area contributed by atoms with Crippen molar-refractivity contribution in [3.05, 3.63) is 40.6 Å². The van der Waals surface area contributed by atoms with E-state index in [0.29, 0.717) is 5.95 Å². The summed E-state index contributed by atoms with van der Waals surface area (Å²) in [5, 5.41) is 6.72. The van der Waals surface area contributed by atoms with E-state index in [1.54, 1.807) is 0 Å². The lowest BCUT2D eigenvalue weighted by atomic mass is 10.1. The van der Waals surface area contributed by atoms with E-state index >= 15 is 0 Å². The van der Waals surface area contributed by atoms with Crippen LogP contribution in [-0.4, -0.2) is 42.1 Å². The number of hydrogen-bond donors (Lipinski definition) is 2. The standard InChI is InChI=1S/C18H27N5/c1-12-9-13(2)17(14(3)10-12)22-18-20-15(4)11-16(21-18)19-7-8-23(5)6/h9-11H,7-8H2,1-6H3,(H2,19,20,21,22). The Morgan fingerprint density at radius 3 is 2.22 bits per heavy atom. The fraction of sp³-hybridized carbons (Fsp3) is 0.444. The van der Waals surface area contributed by atoms with Crippen molar-refractivity contribution in [2.45, 2.75) is 27.7 Å². The summed E-state index contributed by atoms with van der Waals surface area (Å²) in [4.78, 5) is 11.2. The molecule has 0 unspecified atom stereocenters. The molecule has 2 aromatic rings. The summed E-state index contributed by atoms with van der Waals surface area (Å²) in [6.07, 6.45) is 0. The van der Waals surface area contributed by atoms with Crippen molar-refractivity contribution in [3.63, 3.8) is 0 Å². The van der Waals surface area contributed by atoms with Gasteiger partial charge in [0.15, 0.2) is 0 Å². The molecule has 2 N–H and O–H groups in total. The van der Waals surface area contributed by atoms with Crippen LogP contribution >= 0.6 is 0 Å². The van der Waals surface area contributed by atoms with E-state index in [0.717, 1.165) is 30.3 Å². The van der Waals surface area contributed by atoms with Crippen LogP contribution in [0.15, 0.2) is 18.2 Å². The maximum atomic E-state index is 4.58. The first kappa shape index (κ1) is 17.2. The Balaban J connectivity index is 2.19. The topological polar surface area (TPSA) is 53.1 Å². The first-order valence-corrected chi connectivity index (χ1v) is 7.94. The third-order valence-corrected chi connectivity index (χ3v) is 3.63. The smallest absolute Gasteiger partial charge is 0.229 e. The number of nitrogens with one attached hydrogen (secondary N) is 2. The molecule has 23 heavy (non-hydrogen) atoms. The second kappa shape index (κ2) is 7.42. The molecule has 0 radical (unpaired) electrons. The van der Waals surface area contributed by atoms with Crippen LogP contribution in [-0.2, 0) is 0 Å². The van der Waals surface area contributed by atoms with Gasteiger partial charge in [0.2, 0.25) is 5.95 Å². The Kier molecular flexibility index (Phi) is 5.55. The third kappa shape index (κ3) is 4.93. The molecule has 5 heteroatoms. The van der Waals surface area contributed by atoms with Gasteiger partial charge < -0.3 is 15.5 Å². The molecule has 0 aliphatic carbocycles. The van der Waals surface area contributed by atoms with Crippen molar-refractivity contribution >= 4 is 17.5 Å². The summed E-state index contributed by atoms with van der Waals surface area (Å²) >= 11 is 0. The number of nitrogens with zero attached hydrogens (tertiary/aromatic N) is 3. The molecule has 0 atom stereocenters. The largest absolute Gasteiger partial charge is 0.369 e. The van der Waals surface area contributed by atoms with Gasteiger partial charge in [0.25, 0.3) is 0 Å². The Hall–Kier alpha value is -2.14. The zero-order valence-electron chi connectivity index (χ0n) is 15.0. The average molecular weight is 313 g/mol. The summed E-state index contributed by atoms with van der Waals surface area (Å²) in [6, 6.07) is 6.30. The van der Waals surface area contributed by atoms with Crippen molar-refractivity contribution in [2.75, 3.05) is 37.8 Å². The molecule has 0 bridgehead atoms. The quantitative estimate of drug-likeness (QED) is 0.856. The maximum absolute atomic E-state index is 4.58. The minimum Gasteiger partial charge on any atom is -0.369 e. The van der Waals surface area contributed by atoms with E-state index < -0.39 is 0 Å².